The summed E-state index contributed by atoms with van der Waals surface area (Å²) >= 11 is 1.38. The SMILES string of the molecule is CC1(C)S[C@@H]2[C@H](NC(=O)Cc3ccccc3)C(=O)N2C1C(=O)[O-].[K+]. The zero-order valence-corrected chi connectivity index (χ0v) is 17.8. The van der Waals surface area contributed by atoms with Crippen molar-refractivity contribution in [2.45, 2.75) is 42.5 Å². The van der Waals surface area contributed by atoms with Gasteiger partial charge in [-0.15, -0.1) is 11.8 Å². The van der Waals surface area contributed by atoms with E-state index in [9.17, 15) is 19.5 Å². The number of amides is 2. The number of thioether (sulfide) groups is 1. The van der Waals surface area contributed by atoms with Gasteiger partial charge in [0.15, 0.2) is 0 Å². The van der Waals surface area contributed by atoms with Gasteiger partial charge in [0.25, 0.3) is 0 Å². The van der Waals surface area contributed by atoms with E-state index < -0.39 is 22.8 Å². The zero-order valence-electron chi connectivity index (χ0n) is 13.8. The Balaban J connectivity index is 0.00000208. The van der Waals surface area contributed by atoms with Crippen LogP contribution in [-0.2, 0) is 20.8 Å². The first-order chi connectivity index (χ1) is 10.8. The number of carboxylic acids is 1. The molecule has 1 N–H and O–H groups in total. The molecule has 0 radical (unpaired) electrons. The van der Waals surface area contributed by atoms with E-state index in [1.54, 1.807) is 13.8 Å². The Labute approximate surface area is 187 Å². The van der Waals surface area contributed by atoms with Crippen molar-refractivity contribution in [2.75, 3.05) is 0 Å². The molecule has 8 heteroatoms. The van der Waals surface area contributed by atoms with Gasteiger partial charge < -0.3 is 20.1 Å². The van der Waals surface area contributed by atoms with E-state index in [2.05, 4.69) is 5.32 Å². The summed E-state index contributed by atoms with van der Waals surface area (Å²) in [6, 6.07) is 7.61. The third-order valence-electron chi connectivity index (χ3n) is 4.19. The zero-order chi connectivity index (χ0) is 16.8. The van der Waals surface area contributed by atoms with Gasteiger partial charge in [-0.05, 0) is 19.4 Å². The van der Waals surface area contributed by atoms with Crippen molar-refractivity contribution in [2.24, 2.45) is 0 Å². The van der Waals surface area contributed by atoms with Gasteiger partial charge in [-0.25, -0.2) is 0 Å². The maximum Gasteiger partial charge on any atom is 1.00 e. The first kappa shape index (κ1) is 19.9. The third kappa shape index (κ3) is 3.59. The molecule has 1 aromatic rings. The fourth-order valence-corrected chi connectivity index (χ4v) is 4.75. The van der Waals surface area contributed by atoms with Crippen LogP contribution in [0.5, 0.6) is 0 Å². The molecule has 0 saturated carbocycles. The molecule has 0 bridgehead atoms. The maximum atomic E-state index is 12.2. The Morgan fingerprint density at radius 2 is 1.92 bits per heavy atom. The van der Waals surface area contributed by atoms with Crippen LogP contribution < -0.4 is 61.8 Å². The van der Waals surface area contributed by atoms with Crippen LogP contribution in [0.2, 0.25) is 0 Å². The van der Waals surface area contributed by atoms with Crippen molar-refractivity contribution < 1.29 is 70.9 Å². The Bertz CT molecular complexity index is 667. The minimum Gasteiger partial charge on any atom is -0.548 e. The molecule has 1 unspecified atom stereocenters. The van der Waals surface area contributed by atoms with E-state index in [-0.39, 0.29) is 75.0 Å². The number of carbonyl (C=O) groups is 3. The number of nitrogens with zero attached hydrogens (tertiary/aromatic N) is 1. The van der Waals surface area contributed by atoms with Gasteiger partial charge in [-0.2, -0.15) is 0 Å². The number of benzene rings is 1. The summed E-state index contributed by atoms with van der Waals surface area (Å²) in [6.07, 6.45) is 0.190. The van der Waals surface area contributed by atoms with Crippen LogP contribution in [0, 0.1) is 0 Å². The fourth-order valence-electron chi connectivity index (χ4n) is 3.13. The summed E-state index contributed by atoms with van der Waals surface area (Å²) in [7, 11) is 0. The quantitative estimate of drug-likeness (QED) is 0.438. The van der Waals surface area contributed by atoms with Crippen molar-refractivity contribution in [3.8, 4) is 0 Å². The van der Waals surface area contributed by atoms with Crippen molar-refractivity contribution in [1.82, 2.24) is 10.2 Å². The van der Waals surface area contributed by atoms with E-state index in [0.29, 0.717) is 0 Å². The van der Waals surface area contributed by atoms with Gasteiger partial charge in [0.1, 0.15) is 11.4 Å². The van der Waals surface area contributed by atoms with Gasteiger partial charge >= 0.3 is 51.4 Å². The Morgan fingerprint density at radius 1 is 1.29 bits per heavy atom. The summed E-state index contributed by atoms with van der Waals surface area (Å²) in [4.78, 5) is 37.0. The van der Waals surface area contributed by atoms with Gasteiger partial charge in [0.2, 0.25) is 11.8 Å². The smallest absolute Gasteiger partial charge is 0.548 e. The molecule has 2 heterocycles. The standard InChI is InChI=1S/C16H18N2O4S.K/c1-16(2)12(15(21)22)18-13(20)11(14(18)23-16)17-10(19)8-9-6-4-3-5-7-9;/h3-7,11-12,14H,8H2,1-2H3,(H,17,19)(H,21,22);/q;+1/p-1/t11-,12?,14-;/m1./s1. The molecule has 0 spiro atoms. The van der Waals surface area contributed by atoms with Crippen LogP contribution in [-0.4, -0.2) is 44.9 Å². The Hall–Kier alpha value is -0.384. The van der Waals surface area contributed by atoms with Crippen molar-refractivity contribution in [3.63, 3.8) is 0 Å². The molecule has 0 aromatic heterocycles. The van der Waals surface area contributed by atoms with Crippen LogP contribution in [0.25, 0.3) is 0 Å². The predicted molar refractivity (Wildman–Crippen MR) is 83.2 cm³/mol. The molecular weight excluding hydrogens is 355 g/mol. The topological polar surface area (TPSA) is 89.5 Å². The van der Waals surface area contributed by atoms with Crippen molar-refractivity contribution in [3.05, 3.63) is 35.9 Å². The molecule has 3 rings (SSSR count). The van der Waals surface area contributed by atoms with E-state index in [0.717, 1.165) is 5.56 Å². The number of hydrogen-bond donors (Lipinski definition) is 1. The van der Waals surface area contributed by atoms with Crippen LogP contribution in [0.1, 0.15) is 19.4 Å². The Kier molecular flexibility index (Phi) is 6.20. The molecule has 3 atom stereocenters. The number of rotatable bonds is 4. The number of carboxylic acid groups (broad SMARTS) is 1. The molecule has 6 nitrogen and oxygen atoms in total. The number of nitrogens with one attached hydrogen (secondary N) is 1. The number of fused-ring (bicyclic) bond motifs is 1. The van der Waals surface area contributed by atoms with E-state index in [4.69, 9.17) is 0 Å². The summed E-state index contributed by atoms with van der Waals surface area (Å²) in [6.45, 7) is 3.54. The van der Waals surface area contributed by atoms with E-state index in [1.165, 1.54) is 16.7 Å². The number of aliphatic carboxylic acids is 1. The molecule has 2 fully saturated rings. The second kappa shape index (κ2) is 7.47. The molecule has 0 aliphatic carbocycles. The monoisotopic (exact) mass is 372 g/mol. The minimum absolute atomic E-state index is 0. The molecule has 1 aromatic carbocycles. The normalized spacial score (nSPS) is 26.8. The molecule has 122 valence electrons. The average molecular weight is 372 g/mol. The molecule has 2 saturated heterocycles. The second-order valence-corrected chi connectivity index (χ2v) is 8.06. The average Bonchev–Trinajstić information content (AvgIpc) is 2.74. The van der Waals surface area contributed by atoms with Gasteiger partial charge in [0, 0.05) is 4.75 Å². The number of hydrogen-bond acceptors (Lipinski definition) is 5. The van der Waals surface area contributed by atoms with Gasteiger partial charge in [0.05, 0.1) is 18.4 Å². The largest absolute Gasteiger partial charge is 1.00 e. The summed E-state index contributed by atoms with van der Waals surface area (Å²) < 4.78 is -0.641. The summed E-state index contributed by atoms with van der Waals surface area (Å²) in [5.74, 6) is -1.86. The van der Waals surface area contributed by atoms with Gasteiger partial charge in [-0.3, -0.25) is 9.59 Å². The van der Waals surface area contributed by atoms with E-state index in [1.807, 2.05) is 30.3 Å². The summed E-state index contributed by atoms with van der Waals surface area (Å²) in [5.41, 5.74) is 0.862. The summed E-state index contributed by atoms with van der Waals surface area (Å²) in [5, 5.41) is 13.7. The second-order valence-electron chi connectivity index (χ2n) is 6.29. The van der Waals surface area contributed by atoms with Crippen LogP contribution in [0.4, 0.5) is 0 Å². The molecule has 2 amide bonds. The maximum absolute atomic E-state index is 12.2. The predicted octanol–water partition coefficient (Wildman–Crippen LogP) is -3.47. The van der Waals surface area contributed by atoms with Crippen molar-refractivity contribution >= 4 is 29.5 Å². The van der Waals surface area contributed by atoms with Crippen LogP contribution in [0.3, 0.4) is 0 Å². The van der Waals surface area contributed by atoms with E-state index >= 15 is 0 Å². The molecule has 2 aliphatic rings. The first-order valence-corrected chi connectivity index (χ1v) is 8.23. The number of β-lactam (4-membered cyclic amide) rings is 1. The van der Waals surface area contributed by atoms with Crippen molar-refractivity contribution in [1.29, 1.82) is 0 Å². The molecule has 24 heavy (non-hydrogen) atoms. The van der Waals surface area contributed by atoms with Crippen LogP contribution >= 0.6 is 11.8 Å². The minimum atomic E-state index is -1.26. The molecule has 2 aliphatic heterocycles. The third-order valence-corrected chi connectivity index (χ3v) is 5.76. The first-order valence-electron chi connectivity index (χ1n) is 7.35. The Morgan fingerprint density at radius 3 is 2.50 bits per heavy atom. The van der Waals surface area contributed by atoms with Crippen LogP contribution in [0.15, 0.2) is 30.3 Å². The van der Waals surface area contributed by atoms with Gasteiger partial charge in [-0.1, -0.05) is 30.3 Å². The number of carbonyl (C=O) groups excluding carboxylic acids is 3. The molecular formula is C16H17KN2O4S. The fraction of sp³-hybridized carbons (Fsp3) is 0.438.